The Labute approximate surface area is 176 Å². The summed E-state index contributed by atoms with van der Waals surface area (Å²) in [4.78, 5) is 17.1. The van der Waals surface area contributed by atoms with E-state index in [2.05, 4.69) is 31.0 Å². The van der Waals surface area contributed by atoms with E-state index < -0.39 is 6.09 Å². The van der Waals surface area contributed by atoms with E-state index in [0.29, 0.717) is 11.6 Å². The molecule has 152 valence electrons. The molecule has 30 heavy (non-hydrogen) atoms. The maximum absolute atomic E-state index is 12.7. The van der Waals surface area contributed by atoms with E-state index >= 15 is 0 Å². The van der Waals surface area contributed by atoms with Gasteiger partial charge in [0.25, 0.3) is 0 Å². The van der Waals surface area contributed by atoms with Crippen LogP contribution in [0, 0.1) is 13.8 Å². The van der Waals surface area contributed by atoms with Gasteiger partial charge in [-0.1, -0.05) is 55.5 Å². The number of aromatic nitrogens is 2. The summed E-state index contributed by atoms with van der Waals surface area (Å²) in [5.74, 6) is 1.20. The van der Waals surface area contributed by atoms with Gasteiger partial charge in [-0.25, -0.2) is 14.3 Å². The first-order valence-electron chi connectivity index (χ1n) is 9.94. The molecule has 0 unspecified atom stereocenters. The topological polar surface area (TPSA) is 57.3 Å². The molecule has 2 aromatic heterocycles. The largest absolute Gasteiger partial charge is 0.465 e. The highest BCUT2D eigenvalue weighted by molar-refractivity contribution is 5.71. The Bertz CT molecular complexity index is 1160. The Morgan fingerprint density at radius 3 is 2.70 bits per heavy atom. The van der Waals surface area contributed by atoms with Crippen LogP contribution in [0.3, 0.4) is 0 Å². The molecule has 4 aromatic rings. The van der Waals surface area contributed by atoms with E-state index in [1.807, 2.05) is 49.4 Å². The van der Waals surface area contributed by atoms with Crippen LogP contribution < -0.4 is 0 Å². The Kier molecular flexibility index (Phi) is 5.53. The van der Waals surface area contributed by atoms with Crippen LogP contribution in [0.5, 0.6) is 0 Å². The minimum atomic E-state index is -0.475. The summed E-state index contributed by atoms with van der Waals surface area (Å²) in [6.45, 7) is 6.28. The first-order valence-corrected chi connectivity index (χ1v) is 9.94. The van der Waals surface area contributed by atoms with Crippen molar-refractivity contribution in [3.8, 4) is 11.1 Å². The van der Waals surface area contributed by atoms with Crippen LogP contribution in [-0.2, 0) is 11.3 Å². The van der Waals surface area contributed by atoms with Crippen LogP contribution in [0.4, 0.5) is 4.79 Å². The fourth-order valence-electron chi connectivity index (χ4n) is 3.61. The number of ether oxygens (including phenoxy) is 1. The van der Waals surface area contributed by atoms with Crippen molar-refractivity contribution >= 4 is 6.09 Å². The van der Waals surface area contributed by atoms with Crippen LogP contribution >= 0.6 is 0 Å². The molecule has 2 heterocycles. The monoisotopic (exact) mass is 400 g/mol. The number of hydrogen-bond donors (Lipinski definition) is 0. The van der Waals surface area contributed by atoms with Gasteiger partial charge in [0.1, 0.15) is 11.6 Å². The lowest BCUT2D eigenvalue weighted by Gasteiger charge is -2.17. The second-order valence-corrected chi connectivity index (χ2v) is 7.39. The SMILES string of the molecule is Cc1cccc([C@H](C)c2nccn2C(=O)OCc2cc(-c3ccccc3)co2)c1C. The van der Waals surface area contributed by atoms with Crippen LogP contribution in [0.2, 0.25) is 0 Å². The highest BCUT2D eigenvalue weighted by atomic mass is 16.6. The molecule has 0 bridgehead atoms. The average Bonchev–Trinajstić information content (AvgIpc) is 3.44. The molecule has 2 aromatic carbocycles. The molecule has 0 aliphatic heterocycles. The number of benzene rings is 2. The lowest BCUT2D eigenvalue weighted by atomic mass is 9.93. The van der Waals surface area contributed by atoms with E-state index in [4.69, 9.17) is 9.15 Å². The first-order chi connectivity index (χ1) is 14.5. The normalized spacial score (nSPS) is 12.0. The molecule has 1 atom stereocenters. The van der Waals surface area contributed by atoms with E-state index in [1.165, 1.54) is 15.7 Å². The summed E-state index contributed by atoms with van der Waals surface area (Å²) in [7, 11) is 0. The standard InChI is InChI=1S/C25H24N2O3/c1-17-8-7-11-23(18(17)2)19(3)24-26-12-13-27(24)25(28)30-16-22-14-21(15-29-22)20-9-5-4-6-10-20/h4-15,19H,16H2,1-3H3/t19-/m0/s1. The molecular weight excluding hydrogens is 376 g/mol. The molecule has 0 amide bonds. The lowest BCUT2D eigenvalue weighted by Crippen LogP contribution is -2.18. The Morgan fingerprint density at radius 2 is 1.90 bits per heavy atom. The number of carbonyl (C=O) groups excluding carboxylic acids is 1. The predicted octanol–water partition coefficient (Wildman–Crippen LogP) is 6.10. The third-order valence-corrected chi connectivity index (χ3v) is 5.47. The molecule has 0 saturated heterocycles. The number of nitrogens with zero attached hydrogens (tertiary/aromatic N) is 2. The molecule has 0 saturated carbocycles. The molecule has 0 aliphatic carbocycles. The molecule has 0 N–H and O–H groups in total. The quantitative estimate of drug-likeness (QED) is 0.406. The number of imidazole rings is 1. The van der Waals surface area contributed by atoms with Gasteiger partial charge in [-0.2, -0.15) is 0 Å². The molecule has 0 aliphatic rings. The third kappa shape index (κ3) is 3.92. The van der Waals surface area contributed by atoms with Crippen LogP contribution in [0.15, 0.2) is 77.7 Å². The van der Waals surface area contributed by atoms with Gasteiger partial charge < -0.3 is 9.15 Å². The van der Waals surface area contributed by atoms with E-state index in [-0.39, 0.29) is 12.5 Å². The van der Waals surface area contributed by atoms with Crippen molar-refractivity contribution < 1.29 is 13.9 Å². The Morgan fingerprint density at radius 1 is 1.10 bits per heavy atom. The fourth-order valence-corrected chi connectivity index (χ4v) is 3.61. The minimum absolute atomic E-state index is 0.0410. The van der Waals surface area contributed by atoms with Crippen molar-refractivity contribution in [3.05, 3.63) is 102 Å². The van der Waals surface area contributed by atoms with Crippen molar-refractivity contribution in [1.29, 1.82) is 0 Å². The smallest absolute Gasteiger partial charge is 0.419 e. The van der Waals surface area contributed by atoms with Crippen LogP contribution in [-0.4, -0.2) is 15.6 Å². The van der Waals surface area contributed by atoms with Gasteiger partial charge in [-0.05, 0) is 42.2 Å². The van der Waals surface area contributed by atoms with E-state index in [1.54, 1.807) is 18.7 Å². The van der Waals surface area contributed by atoms with Crippen molar-refractivity contribution in [2.24, 2.45) is 0 Å². The number of hydrogen-bond acceptors (Lipinski definition) is 4. The van der Waals surface area contributed by atoms with Crippen LogP contribution in [0.1, 0.15) is 41.1 Å². The fraction of sp³-hybridized carbons (Fsp3) is 0.200. The highest BCUT2D eigenvalue weighted by Crippen LogP contribution is 2.27. The molecule has 5 nitrogen and oxygen atoms in total. The summed E-state index contributed by atoms with van der Waals surface area (Å²) in [5, 5.41) is 0. The second-order valence-electron chi connectivity index (χ2n) is 7.39. The summed E-state index contributed by atoms with van der Waals surface area (Å²) in [5.41, 5.74) is 5.57. The van der Waals surface area contributed by atoms with E-state index in [9.17, 15) is 4.79 Å². The zero-order chi connectivity index (χ0) is 21.1. The molecule has 0 spiro atoms. The zero-order valence-electron chi connectivity index (χ0n) is 17.3. The van der Waals surface area contributed by atoms with E-state index in [0.717, 1.165) is 16.7 Å². The third-order valence-electron chi connectivity index (χ3n) is 5.47. The van der Waals surface area contributed by atoms with Gasteiger partial charge >= 0.3 is 6.09 Å². The van der Waals surface area contributed by atoms with Crippen molar-refractivity contribution in [3.63, 3.8) is 0 Å². The number of aryl methyl sites for hydroxylation is 1. The second kappa shape index (κ2) is 8.41. The molecule has 4 rings (SSSR count). The summed E-state index contributed by atoms with van der Waals surface area (Å²) >= 11 is 0. The maximum Gasteiger partial charge on any atom is 0.419 e. The number of rotatable bonds is 5. The lowest BCUT2D eigenvalue weighted by molar-refractivity contribution is 0.132. The maximum atomic E-state index is 12.7. The average molecular weight is 400 g/mol. The van der Waals surface area contributed by atoms with Crippen molar-refractivity contribution in [2.75, 3.05) is 0 Å². The van der Waals surface area contributed by atoms with Crippen molar-refractivity contribution in [1.82, 2.24) is 9.55 Å². The number of carbonyl (C=O) groups is 1. The summed E-state index contributed by atoms with van der Waals surface area (Å²) in [6, 6.07) is 18.0. The summed E-state index contributed by atoms with van der Waals surface area (Å²) < 4.78 is 12.5. The molecule has 5 heteroatoms. The molecular formula is C25H24N2O3. The van der Waals surface area contributed by atoms with Gasteiger partial charge in [0.05, 0.1) is 6.26 Å². The number of furan rings is 1. The highest BCUT2D eigenvalue weighted by Gasteiger charge is 2.21. The van der Waals surface area contributed by atoms with Crippen LogP contribution in [0.25, 0.3) is 11.1 Å². The zero-order valence-corrected chi connectivity index (χ0v) is 17.3. The van der Waals surface area contributed by atoms with Crippen molar-refractivity contribution in [2.45, 2.75) is 33.3 Å². The van der Waals surface area contributed by atoms with Gasteiger partial charge in [0, 0.05) is 23.9 Å². The molecule has 0 radical (unpaired) electrons. The van der Waals surface area contributed by atoms with Gasteiger partial charge in [0.15, 0.2) is 6.61 Å². The minimum Gasteiger partial charge on any atom is -0.465 e. The van der Waals surface area contributed by atoms with Gasteiger partial charge in [0.2, 0.25) is 0 Å². The Hall–Kier alpha value is -3.60. The van der Waals surface area contributed by atoms with Gasteiger partial charge in [-0.15, -0.1) is 0 Å². The first kappa shape index (κ1) is 19.7. The Balaban J connectivity index is 1.47. The van der Waals surface area contributed by atoms with Gasteiger partial charge in [-0.3, -0.25) is 0 Å². The predicted molar refractivity (Wildman–Crippen MR) is 115 cm³/mol. The molecule has 0 fully saturated rings. The summed E-state index contributed by atoms with van der Waals surface area (Å²) in [6.07, 6.45) is 4.46.